The van der Waals surface area contributed by atoms with Crippen LogP contribution in [0, 0.1) is 0 Å². The third kappa shape index (κ3) is 4.46. The summed E-state index contributed by atoms with van der Waals surface area (Å²) in [6.07, 6.45) is -0.728. The lowest BCUT2D eigenvalue weighted by Crippen LogP contribution is -2.25. The largest absolute Gasteiger partial charge is 0.490 e. The molecular formula is C23H16O10. The van der Waals surface area contributed by atoms with Crippen LogP contribution >= 0.6 is 0 Å². The molecule has 0 aliphatic heterocycles. The number of hydrogen-bond donors (Lipinski definition) is 2. The molecule has 4 aromatic rings. The van der Waals surface area contributed by atoms with E-state index >= 15 is 0 Å². The predicted molar refractivity (Wildman–Crippen MR) is 114 cm³/mol. The summed E-state index contributed by atoms with van der Waals surface area (Å²) >= 11 is 0. The lowest BCUT2D eigenvalue weighted by molar-refractivity contribution is 0.0636. The molecule has 2 heterocycles. The first-order valence-corrected chi connectivity index (χ1v) is 9.63. The minimum Gasteiger partial charge on any atom is -0.490 e. The second kappa shape index (κ2) is 8.97. The first-order valence-electron chi connectivity index (χ1n) is 9.63. The van der Waals surface area contributed by atoms with E-state index in [4.69, 9.17) is 23.4 Å². The number of carbonyl (C=O) groups excluding carboxylic acids is 1. The molecule has 0 spiro atoms. The molecule has 0 saturated heterocycles. The minimum absolute atomic E-state index is 0.0281. The van der Waals surface area contributed by atoms with E-state index in [-0.39, 0.29) is 52.4 Å². The summed E-state index contributed by atoms with van der Waals surface area (Å²) in [5, 5.41) is 19.5. The number of aldehydes is 1. The van der Waals surface area contributed by atoms with Gasteiger partial charge in [0.2, 0.25) is 5.76 Å². The summed E-state index contributed by atoms with van der Waals surface area (Å²) < 4.78 is 21.6. The summed E-state index contributed by atoms with van der Waals surface area (Å²) in [5.41, 5.74) is -0.883. The van der Waals surface area contributed by atoms with Crippen molar-refractivity contribution in [1.29, 1.82) is 0 Å². The van der Waals surface area contributed by atoms with Crippen LogP contribution in [0.1, 0.15) is 21.1 Å². The zero-order valence-corrected chi connectivity index (χ0v) is 16.8. The lowest BCUT2D eigenvalue weighted by atomic mass is 10.2. The van der Waals surface area contributed by atoms with Crippen LogP contribution in [0.5, 0.6) is 11.5 Å². The molecule has 2 aromatic heterocycles. The van der Waals surface area contributed by atoms with E-state index in [2.05, 4.69) is 0 Å². The monoisotopic (exact) mass is 452 g/mol. The molecule has 0 aliphatic rings. The molecule has 0 fully saturated rings. The normalized spacial score (nSPS) is 11.9. The molecule has 0 radical (unpaired) electrons. The van der Waals surface area contributed by atoms with Gasteiger partial charge in [0.25, 0.3) is 0 Å². The summed E-state index contributed by atoms with van der Waals surface area (Å²) in [6, 6.07) is 10.9. The Kier molecular flexibility index (Phi) is 5.92. The Labute approximate surface area is 184 Å². The summed E-state index contributed by atoms with van der Waals surface area (Å²) in [4.78, 5) is 46.6. The standard InChI is InChI=1S/C23H16O10/c24-9-13-7-14(26)21-16(3-1-5-18(21)32-13)30-10-12(25)11-31-17-4-2-6-19-22(17)15(27)8-20(33-19)23(28)29/h1-9,12,25H,10-11H2,(H,28,29). The number of carboxylic acids is 1. The van der Waals surface area contributed by atoms with Gasteiger partial charge in [-0.2, -0.15) is 0 Å². The third-order valence-electron chi connectivity index (χ3n) is 4.64. The van der Waals surface area contributed by atoms with Crippen molar-refractivity contribution in [3.63, 3.8) is 0 Å². The fraction of sp³-hybridized carbons (Fsp3) is 0.130. The molecule has 10 heteroatoms. The predicted octanol–water partition coefficient (Wildman–Crippen LogP) is 2.23. The van der Waals surface area contributed by atoms with Gasteiger partial charge < -0.3 is 28.5 Å². The number of aliphatic hydroxyl groups excluding tert-OH is 1. The van der Waals surface area contributed by atoms with Crippen LogP contribution in [0.2, 0.25) is 0 Å². The van der Waals surface area contributed by atoms with Crippen molar-refractivity contribution >= 4 is 34.2 Å². The van der Waals surface area contributed by atoms with Gasteiger partial charge in [-0.3, -0.25) is 14.4 Å². The van der Waals surface area contributed by atoms with E-state index in [1.807, 2.05) is 0 Å². The number of ether oxygens (including phenoxy) is 2. The van der Waals surface area contributed by atoms with Crippen molar-refractivity contribution in [2.24, 2.45) is 0 Å². The summed E-state index contributed by atoms with van der Waals surface area (Å²) in [7, 11) is 0. The van der Waals surface area contributed by atoms with Gasteiger partial charge in [0.15, 0.2) is 22.9 Å². The molecule has 0 amide bonds. The first-order chi connectivity index (χ1) is 15.9. The first kappa shape index (κ1) is 21.8. The van der Waals surface area contributed by atoms with Crippen molar-refractivity contribution < 1.29 is 38.1 Å². The number of carboxylic acid groups (broad SMARTS) is 1. The maximum absolute atomic E-state index is 12.3. The highest BCUT2D eigenvalue weighted by molar-refractivity contribution is 5.89. The van der Waals surface area contributed by atoms with E-state index in [1.165, 1.54) is 30.3 Å². The molecule has 1 unspecified atom stereocenters. The molecule has 168 valence electrons. The molecule has 10 nitrogen and oxygen atoms in total. The van der Waals surface area contributed by atoms with E-state index in [0.29, 0.717) is 6.29 Å². The molecule has 1 atom stereocenters. The fourth-order valence-corrected chi connectivity index (χ4v) is 3.20. The van der Waals surface area contributed by atoms with Gasteiger partial charge in [0, 0.05) is 12.1 Å². The van der Waals surface area contributed by atoms with Crippen molar-refractivity contribution in [2.45, 2.75) is 6.10 Å². The van der Waals surface area contributed by atoms with Gasteiger partial charge in [-0.05, 0) is 24.3 Å². The van der Waals surface area contributed by atoms with E-state index in [0.717, 1.165) is 12.1 Å². The lowest BCUT2D eigenvalue weighted by Gasteiger charge is -2.15. The Morgan fingerprint density at radius 2 is 1.45 bits per heavy atom. The maximum atomic E-state index is 12.3. The highest BCUT2D eigenvalue weighted by Crippen LogP contribution is 2.25. The van der Waals surface area contributed by atoms with Crippen molar-refractivity contribution in [1.82, 2.24) is 0 Å². The number of carbonyl (C=O) groups is 2. The molecule has 33 heavy (non-hydrogen) atoms. The molecular weight excluding hydrogens is 436 g/mol. The number of hydrogen-bond acceptors (Lipinski definition) is 9. The Hall–Kier alpha value is -4.44. The number of rotatable bonds is 8. The minimum atomic E-state index is -1.38. The Bertz CT molecular complexity index is 1480. The smallest absolute Gasteiger partial charge is 0.371 e. The van der Waals surface area contributed by atoms with Crippen LogP contribution in [-0.4, -0.2) is 41.8 Å². The fourth-order valence-electron chi connectivity index (χ4n) is 3.20. The van der Waals surface area contributed by atoms with E-state index in [1.54, 1.807) is 6.07 Å². The average molecular weight is 452 g/mol. The van der Waals surface area contributed by atoms with Gasteiger partial charge >= 0.3 is 5.97 Å². The highest BCUT2D eigenvalue weighted by atomic mass is 16.5. The Balaban J connectivity index is 1.49. The number of benzene rings is 2. The zero-order chi connectivity index (χ0) is 23.5. The topological polar surface area (TPSA) is 153 Å². The van der Waals surface area contributed by atoms with Crippen LogP contribution < -0.4 is 20.3 Å². The average Bonchev–Trinajstić information content (AvgIpc) is 2.80. The van der Waals surface area contributed by atoms with Crippen molar-refractivity contribution in [3.8, 4) is 11.5 Å². The van der Waals surface area contributed by atoms with Crippen LogP contribution in [0.3, 0.4) is 0 Å². The second-order valence-electron chi connectivity index (χ2n) is 6.95. The van der Waals surface area contributed by atoms with Crippen molar-refractivity contribution in [2.75, 3.05) is 13.2 Å². The Morgan fingerprint density at radius 3 is 2.00 bits per heavy atom. The molecule has 2 aromatic carbocycles. The van der Waals surface area contributed by atoms with Crippen LogP contribution in [0.4, 0.5) is 0 Å². The summed E-state index contributed by atoms with van der Waals surface area (Å²) in [5.74, 6) is -1.74. The van der Waals surface area contributed by atoms with Gasteiger partial charge in [0.1, 0.15) is 52.8 Å². The quantitative estimate of drug-likeness (QED) is 0.380. The third-order valence-corrected chi connectivity index (χ3v) is 4.64. The summed E-state index contributed by atoms with van der Waals surface area (Å²) in [6.45, 7) is -0.523. The van der Waals surface area contributed by atoms with Crippen LogP contribution in [-0.2, 0) is 0 Å². The number of fused-ring (bicyclic) bond motifs is 2. The van der Waals surface area contributed by atoms with Gasteiger partial charge in [-0.25, -0.2) is 4.79 Å². The molecule has 0 bridgehead atoms. The SMILES string of the molecule is O=Cc1cc(=O)c2c(OCC(O)COc3cccc4oc(C(=O)O)cc(=O)c34)cccc2o1. The van der Waals surface area contributed by atoms with Gasteiger partial charge in [-0.1, -0.05) is 12.1 Å². The van der Waals surface area contributed by atoms with Gasteiger partial charge in [-0.15, -0.1) is 0 Å². The number of aromatic carboxylic acids is 1. The molecule has 0 aliphatic carbocycles. The second-order valence-corrected chi connectivity index (χ2v) is 6.95. The maximum Gasteiger partial charge on any atom is 0.371 e. The Morgan fingerprint density at radius 1 is 0.909 bits per heavy atom. The van der Waals surface area contributed by atoms with Crippen molar-refractivity contribution in [3.05, 3.63) is 80.5 Å². The van der Waals surface area contributed by atoms with E-state index in [9.17, 15) is 24.3 Å². The molecule has 0 saturated carbocycles. The van der Waals surface area contributed by atoms with Crippen LogP contribution in [0.25, 0.3) is 21.9 Å². The van der Waals surface area contributed by atoms with Gasteiger partial charge in [0.05, 0.1) is 0 Å². The molecule has 2 N–H and O–H groups in total. The van der Waals surface area contributed by atoms with E-state index < -0.39 is 28.7 Å². The van der Waals surface area contributed by atoms with Crippen LogP contribution in [0.15, 0.2) is 67.0 Å². The molecule has 4 rings (SSSR count). The number of aliphatic hydroxyl groups is 1. The highest BCUT2D eigenvalue weighted by Gasteiger charge is 2.16. The zero-order valence-electron chi connectivity index (χ0n) is 16.8.